The monoisotopic (exact) mass is 292 g/mol. The van der Waals surface area contributed by atoms with Gasteiger partial charge in [0.2, 0.25) is 5.88 Å². The van der Waals surface area contributed by atoms with E-state index in [1.807, 2.05) is 48.5 Å². The van der Waals surface area contributed by atoms with Gasteiger partial charge in [0, 0.05) is 6.07 Å². The summed E-state index contributed by atoms with van der Waals surface area (Å²) in [6.45, 7) is 0.0395. The van der Waals surface area contributed by atoms with Crippen LogP contribution in [0.1, 0.15) is 5.56 Å². The molecular formula is C18H16N2O2. The first-order valence-corrected chi connectivity index (χ1v) is 6.94. The maximum atomic E-state index is 9.20. The van der Waals surface area contributed by atoms with Crippen molar-refractivity contribution in [2.75, 3.05) is 5.73 Å². The van der Waals surface area contributed by atoms with Crippen LogP contribution in [0.5, 0.6) is 11.6 Å². The van der Waals surface area contributed by atoms with Crippen LogP contribution in [0, 0.1) is 0 Å². The highest BCUT2D eigenvalue weighted by Gasteiger charge is 2.02. The Kier molecular flexibility index (Phi) is 4.03. The fraction of sp³-hybridized carbons (Fsp3) is 0.0556. The summed E-state index contributed by atoms with van der Waals surface area (Å²) in [6, 6.07) is 19.0. The molecule has 0 atom stereocenters. The van der Waals surface area contributed by atoms with Gasteiger partial charge in [0.1, 0.15) is 5.75 Å². The molecule has 0 amide bonds. The van der Waals surface area contributed by atoms with Gasteiger partial charge < -0.3 is 15.6 Å². The van der Waals surface area contributed by atoms with Crippen molar-refractivity contribution >= 4 is 5.69 Å². The van der Waals surface area contributed by atoms with E-state index in [1.165, 1.54) is 0 Å². The second-order valence-electron chi connectivity index (χ2n) is 4.91. The second-order valence-corrected chi connectivity index (χ2v) is 4.91. The summed E-state index contributed by atoms with van der Waals surface area (Å²) in [4.78, 5) is 4.10. The standard InChI is InChI=1S/C18H16N2O2/c19-16-6-9-18(20-11-16)22-17-7-4-14(5-8-17)15-3-1-2-13(10-15)12-21/h1-11,21H,12,19H2. The van der Waals surface area contributed by atoms with Gasteiger partial charge in [0.25, 0.3) is 0 Å². The molecule has 0 aliphatic carbocycles. The molecule has 0 fully saturated rings. The van der Waals surface area contributed by atoms with Crippen LogP contribution in [0.15, 0.2) is 66.9 Å². The van der Waals surface area contributed by atoms with Gasteiger partial charge in [-0.25, -0.2) is 4.98 Å². The van der Waals surface area contributed by atoms with Crippen molar-refractivity contribution in [2.45, 2.75) is 6.61 Å². The third-order valence-electron chi connectivity index (χ3n) is 3.28. The van der Waals surface area contributed by atoms with Crippen molar-refractivity contribution in [1.29, 1.82) is 0 Å². The van der Waals surface area contributed by atoms with Crippen LogP contribution in [0.4, 0.5) is 5.69 Å². The van der Waals surface area contributed by atoms with Crippen molar-refractivity contribution in [2.24, 2.45) is 0 Å². The van der Waals surface area contributed by atoms with Crippen LogP contribution in [-0.2, 0) is 6.61 Å². The maximum absolute atomic E-state index is 9.20. The minimum Gasteiger partial charge on any atom is -0.439 e. The van der Waals surface area contributed by atoms with Crippen LogP contribution in [0.2, 0.25) is 0 Å². The Hall–Kier alpha value is -2.85. The Bertz CT molecular complexity index is 753. The fourth-order valence-corrected chi connectivity index (χ4v) is 2.14. The fourth-order valence-electron chi connectivity index (χ4n) is 2.14. The van der Waals surface area contributed by atoms with E-state index in [1.54, 1.807) is 18.3 Å². The van der Waals surface area contributed by atoms with E-state index in [0.29, 0.717) is 17.3 Å². The Morgan fingerprint density at radius 3 is 2.45 bits per heavy atom. The molecule has 3 N–H and O–H groups in total. The number of aromatic nitrogens is 1. The Labute approximate surface area is 128 Å². The molecule has 110 valence electrons. The van der Waals surface area contributed by atoms with Gasteiger partial charge in [-0.05, 0) is 41.0 Å². The number of hydrogen-bond acceptors (Lipinski definition) is 4. The molecule has 0 unspecified atom stereocenters. The first-order valence-electron chi connectivity index (χ1n) is 6.94. The van der Waals surface area contributed by atoms with Crippen LogP contribution in [-0.4, -0.2) is 10.1 Å². The van der Waals surface area contributed by atoms with Gasteiger partial charge in [0.05, 0.1) is 18.5 Å². The zero-order valence-electron chi connectivity index (χ0n) is 11.9. The predicted octanol–water partition coefficient (Wildman–Crippen LogP) is 3.62. The number of rotatable bonds is 4. The molecule has 0 radical (unpaired) electrons. The lowest BCUT2D eigenvalue weighted by Gasteiger charge is -2.07. The summed E-state index contributed by atoms with van der Waals surface area (Å²) in [6.07, 6.45) is 1.56. The first-order chi connectivity index (χ1) is 10.7. The summed E-state index contributed by atoms with van der Waals surface area (Å²) in [5.74, 6) is 1.21. The molecule has 0 bridgehead atoms. The van der Waals surface area contributed by atoms with Gasteiger partial charge in [-0.1, -0.05) is 30.3 Å². The van der Waals surface area contributed by atoms with Crippen molar-refractivity contribution in [3.05, 3.63) is 72.4 Å². The van der Waals surface area contributed by atoms with Crippen LogP contribution < -0.4 is 10.5 Å². The Morgan fingerprint density at radius 1 is 0.955 bits per heavy atom. The molecule has 0 saturated heterocycles. The average Bonchev–Trinajstić information content (AvgIpc) is 2.58. The van der Waals surface area contributed by atoms with Crippen LogP contribution >= 0.6 is 0 Å². The Morgan fingerprint density at radius 2 is 1.77 bits per heavy atom. The molecule has 2 aromatic carbocycles. The van der Waals surface area contributed by atoms with E-state index in [2.05, 4.69) is 4.98 Å². The van der Waals surface area contributed by atoms with E-state index < -0.39 is 0 Å². The molecule has 4 heteroatoms. The highest BCUT2D eigenvalue weighted by Crippen LogP contribution is 2.25. The molecule has 4 nitrogen and oxygen atoms in total. The second kappa shape index (κ2) is 6.28. The van der Waals surface area contributed by atoms with Gasteiger partial charge in [0.15, 0.2) is 0 Å². The number of nitrogens with zero attached hydrogens (tertiary/aromatic N) is 1. The van der Waals surface area contributed by atoms with Gasteiger partial charge >= 0.3 is 0 Å². The lowest BCUT2D eigenvalue weighted by molar-refractivity contribution is 0.282. The summed E-state index contributed by atoms with van der Waals surface area (Å²) < 4.78 is 5.66. The average molecular weight is 292 g/mol. The number of ether oxygens (including phenoxy) is 1. The molecule has 0 spiro atoms. The highest BCUT2D eigenvalue weighted by molar-refractivity contribution is 5.65. The number of aliphatic hydroxyl groups excluding tert-OH is 1. The molecule has 22 heavy (non-hydrogen) atoms. The normalized spacial score (nSPS) is 10.4. The molecule has 1 heterocycles. The number of hydrogen-bond donors (Lipinski definition) is 2. The van der Waals surface area contributed by atoms with E-state index in [-0.39, 0.29) is 6.61 Å². The third kappa shape index (κ3) is 3.24. The van der Waals surface area contributed by atoms with Crippen molar-refractivity contribution in [1.82, 2.24) is 4.98 Å². The first kappa shape index (κ1) is 14.1. The van der Waals surface area contributed by atoms with E-state index in [4.69, 9.17) is 10.5 Å². The minimum absolute atomic E-state index is 0.0395. The molecule has 0 aliphatic rings. The number of nitrogens with two attached hydrogens (primary N) is 1. The summed E-state index contributed by atoms with van der Waals surface area (Å²) in [5, 5.41) is 9.20. The van der Waals surface area contributed by atoms with E-state index in [9.17, 15) is 5.11 Å². The molecule has 3 aromatic rings. The summed E-state index contributed by atoms with van der Waals surface area (Å²) in [5.41, 5.74) is 9.21. The summed E-state index contributed by atoms with van der Waals surface area (Å²) >= 11 is 0. The summed E-state index contributed by atoms with van der Waals surface area (Å²) in [7, 11) is 0. The number of anilines is 1. The smallest absolute Gasteiger partial charge is 0.219 e. The van der Waals surface area contributed by atoms with Crippen molar-refractivity contribution < 1.29 is 9.84 Å². The quantitative estimate of drug-likeness (QED) is 0.770. The molecule has 0 saturated carbocycles. The van der Waals surface area contributed by atoms with Gasteiger partial charge in [-0.2, -0.15) is 0 Å². The zero-order valence-corrected chi connectivity index (χ0v) is 11.9. The SMILES string of the molecule is Nc1ccc(Oc2ccc(-c3cccc(CO)c3)cc2)nc1. The predicted molar refractivity (Wildman–Crippen MR) is 86.5 cm³/mol. The van der Waals surface area contributed by atoms with Gasteiger partial charge in [-0.15, -0.1) is 0 Å². The van der Waals surface area contributed by atoms with Crippen LogP contribution in [0.3, 0.4) is 0 Å². The van der Waals surface area contributed by atoms with Crippen molar-refractivity contribution in [3.63, 3.8) is 0 Å². The van der Waals surface area contributed by atoms with Crippen LogP contribution in [0.25, 0.3) is 11.1 Å². The van der Waals surface area contributed by atoms with E-state index >= 15 is 0 Å². The molecular weight excluding hydrogens is 276 g/mol. The number of benzene rings is 2. The lowest BCUT2D eigenvalue weighted by atomic mass is 10.0. The van der Waals surface area contributed by atoms with Gasteiger partial charge in [-0.3, -0.25) is 0 Å². The minimum atomic E-state index is 0.0395. The molecule has 1 aromatic heterocycles. The van der Waals surface area contributed by atoms with Crippen molar-refractivity contribution in [3.8, 4) is 22.8 Å². The topological polar surface area (TPSA) is 68.4 Å². The number of nitrogen functional groups attached to an aromatic ring is 1. The number of aliphatic hydroxyl groups is 1. The zero-order chi connectivity index (χ0) is 15.4. The lowest BCUT2D eigenvalue weighted by Crippen LogP contribution is -1.90. The molecule has 3 rings (SSSR count). The van der Waals surface area contributed by atoms with E-state index in [0.717, 1.165) is 16.7 Å². The largest absolute Gasteiger partial charge is 0.439 e. The number of pyridine rings is 1. The Balaban J connectivity index is 1.78. The highest BCUT2D eigenvalue weighted by atomic mass is 16.5. The third-order valence-corrected chi connectivity index (χ3v) is 3.28. The maximum Gasteiger partial charge on any atom is 0.219 e. The molecule has 0 aliphatic heterocycles.